The Balaban J connectivity index is 1.51. The highest BCUT2D eigenvalue weighted by Crippen LogP contribution is 2.28. The van der Waals surface area contributed by atoms with Gasteiger partial charge in [0.2, 0.25) is 0 Å². The van der Waals surface area contributed by atoms with Gasteiger partial charge in [-0.3, -0.25) is 4.79 Å². The minimum Gasteiger partial charge on any atom is -0.494 e. The van der Waals surface area contributed by atoms with Crippen molar-refractivity contribution in [1.82, 2.24) is 10.3 Å². The lowest BCUT2D eigenvalue weighted by atomic mass is 10.0. The summed E-state index contributed by atoms with van der Waals surface area (Å²) in [5.74, 6) is -0.297. The van der Waals surface area contributed by atoms with E-state index in [1.807, 2.05) is 18.2 Å². The van der Waals surface area contributed by atoms with Crippen molar-refractivity contribution in [2.75, 3.05) is 18.5 Å². The smallest absolute Gasteiger partial charge is 0.326 e. The molecule has 2 aromatic carbocycles. The molecule has 1 aromatic heterocycles. The molecule has 0 spiro atoms. The second kappa shape index (κ2) is 12.3. The molecule has 0 aliphatic carbocycles. The lowest BCUT2D eigenvalue weighted by Gasteiger charge is -2.17. The Bertz CT molecular complexity index is 1130. The second-order valence-electron chi connectivity index (χ2n) is 7.61. The summed E-state index contributed by atoms with van der Waals surface area (Å²) in [5.41, 5.74) is 1.47. The molecule has 1 atom stereocenters. The average Bonchev–Trinajstić information content (AvgIpc) is 2.82. The summed E-state index contributed by atoms with van der Waals surface area (Å²) < 4.78 is 5.74. The van der Waals surface area contributed by atoms with E-state index in [9.17, 15) is 14.7 Å². The lowest BCUT2D eigenvalue weighted by molar-refractivity contribution is -0.139. The van der Waals surface area contributed by atoms with Crippen LogP contribution in [0.3, 0.4) is 0 Å². The summed E-state index contributed by atoms with van der Waals surface area (Å²) in [6.45, 7) is 2.99. The molecule has 3 N–H and O–H groups in total. The third kappa shape index (κ3) is 7.10. The van der Waals surface area contributed by atoms with E-state index in [1.54, 1.807) is 49.5 Å². The van der Waals surface area contributed by atoms with E-state index in [1.165, 1.54) is 0 Å². The van der Waals surface area contributed by atoms with Gasteiger partial charge in [0.05, 0.1) is 22.2 Å². The van der Waals surface area contributed by atoms with Gasteiger partial charge >= 0.3 is 5.97 Å². The van der Waals surface area contributed by atoms with Gasteiger partial charge < -0.3 is 20.5 Å². The number of hydrogen-bond acceptors (Lipinski definition) is 5. The Morgan fingerprint density at radius 2 is 1.85 bits per heavy atom. The quantitative estimate of drug-likeness (QED) is 0.319. The normalized spacial score (nSPS) is 11.5. The molecule has 178 valence electrons. The van der Waals surface area contributed by atoms with Crippen LogP contribution in [0.4, 0.5) is 5.82 Å². The number of ether oxygens (including phenoxy) is 1. The topological polar surface area (TPSA) is 101 Å². The van der Waals surface area contributed by atoms with Gasteiger partial charge in [-0.05, 0) is 54.8 Å². The van der Waals surface area contributed by atoms with Crippen molar-refractivity contribution in [3.8, 4) is 5.75 Å². The molecule has 7 nitrogen and oxygen atoms in total. The Morgan fingerprint density at radius 3 is 2.53 bits per heavy atom. The van der Waals surface area contributed by atoms with Crippen LogP contribution in [0.2, 0.25) is 10.0 Å². The minimum atomic E-state index is -1.16. The first-order valence-corrected chi connectivity index (χ1v) is 11.5. The molecule has 0 aliphatic rings. The van der Waals surface area contributed by atoms with Crippen molar-refractivity contribution >= 4 is 40.9 Å². The summed E-state index contributed by atoms with van der Waals surface area (Å²) in [5, 5.41) is 15.7. The molecule has 34 heavy (non-hydrogen) atoms. The molecule has 3 rings (SSSR count). The number of nitrogens with one attached hydrogen (secondary N) is 2. The zero-order chi connectivity index (χ0) is 24.5. The number of anilines is 1. The fourth-order valence-electron chi connectivity index (χ4n) is 3.20. The number of aliphatic carboxylic acids is 1. The standard InChI is InChI=1S/C25H25Cl2N3O4/c1-16-6-11-19(26)22(23(16)27)24(31)30-20(25(32)33)15-17-7-9-18(10-8-17)34-14-4-13-29-21-5-2-3-12-28-21/h2-3,5-12,20H,4,13-15H2,1H3,(H,28,29)(H,30,31)(H,32,33)/t20-/m0/s1. The van der Waals surface area contributed by atoms with Crippen molar-refractivity contribution in [1.29, 1.82) is 0 Å². The monoisotopic (exact) mass is 501 g/mol. The zero-order valence-corrected chi connectivity index (χ0v) is 20.1. The number of aromatic nitrogens is 1. The zero-order valence-electron chi connectivity index (χ0n) is 18.6. The van der Waals surface area contributed by atoms with E-state index in [0.29, 0.717) is 17.9 Å². The molecule has 0 saturated carbocycles. The van der Waals surface area contributed by atoms with Gasteiger partial charge in [-0.15, -0.1) is 0 Å². The van der Waals surface area contributed by atoms with E-state index in [2.05, 4.69) is 15.6 Å². The Kier molecular flexibility index (Phi) is 9.13. The van der Waals surface area contributed by atoms with Crippen LogP contribution in [-0.2, 0) is 11.2 Å². The van der Waals surface area contributed by atoms with Crippen molar-refractivity contribution in [3.63, 3.8) is 0 Å². The fraction of sp³-hybridized carbons (Fsp3) is 0.240. The molecule has 0 bridgehead atoms. The highest BCUT2D eigenvalue weighted by molar-refractivity contribution is 6.40. The highest BCUT2D eigenvalue weighted by Gasteiger charge is 2.24. The largest absolute Gasteiger partial charge is 0.494 e. The van der Waals surface area contributed by atoms with Gasteiger partial charge in [-0.2, -0.15) is 0 Å². The number of carbonyl (C=O) groups excluding carboxylic acids is 1. The van der Waals surface area contributed by atoms with E-state index >= 15 is 0 Å². The number of benzene rings is 2. The number of aryl methyl sites for hydroxylation is 1. The van der Waals surface area contributed by atoms with E-state index in [0.717, 1.165) is 24.3 Å². The first kappa shape index (κ1) is 25.3. The van der Waals surface area contributed by atoms with Crippen LogP contribution < -0.4 is 15.4 Å². The maximum Gasteiger partial charge on any atom is 0.326 e. The summed E-state index contributed by atoms with van der Waals surface area (Å²) in [6.07, 6.45) is 2.61. The van der Waals surface area contributed by atoms with Crippen LogP contribution in [0.5, 0.6) is 5.75 Å². The number of carboxylic acid groups (broad SMARTS) is 1. The lowest BCUT2D eigenvalue weighted by Crippen LogP contribution is -2.42. The summed E-state index contributed by atoms with van der Waals surface area (Å²) >= 11 is 12.3. The van der Waals surface area contributed by atoms with Gasteiger partial charge in [-0.25, -0.2) is 9.78 Å². The number of carbonyl (C=O) groups is 2. The van der Waals surface area contributed by atoms with E-state index < -0.39 is 17.9 Å². The summed E-state index contributed by atoms with van der Waals surface area (Å²) in [6, 6.07) is 14.9. The predicted octanol–water partition coefficient (Wildman–Crippen LogP) is 5.00. The summed E-state index contributed by atoms with van der Waals surface area (Å²) in [7, 11) is 0. The first-order chi connectivity index (χ1) is 16.3. The molecule has 0 fully saturated rings. The van der Waals surface area contributed by atoms with Crippen LogP contribution in [0.25, 0.3) is 0 Å². The van der Waals surface area contributed by atoms with E-state index in [-0.39, 0.29) is 22.0 Å². The van der Waals surface area contributed by atoms with Crippen molar-refractivity contribution in [2.45, 2.75) is 25.8 Å². The van der Waals surface area contributed by atoms with Crippen LogP contribution in [0.15, 0.2) is 60.8 Å². The van der Waals surface area contributed by atoms with Crippen LogP contribution in [0, 0.1) is 6.92 Å². The van der Waals surface area contributed by atoms with Gasteiger partial charge in [0, 0.05) is 19.2 Å². The molecule has 0 aliphatic heterocycles. The Labute approximate surface area is 208 Å². The predicted molar refractivity (Wildman–Crippen MR) is 133 cm³/mol. The second-order valence-corrected chi connectivity index (χ2v) is 8.39. The molecule has 1 amide bonds. The average molecular weight is 502 g/mol. The third-order valence-corrected chi connectivity index (χ3v) is 5.84. The molecular formula is C25H25Cl2N3O4. The number of pyridine rings is 1. The number of nitrogens with zero attached hydrogens (tertiary/aromatic N) is 1. The van der Waals surface area contributed by atoms with E-state index in [4.69, 9.17) is 27.9 Å². The van der Waals surface area contributed by atoms with Gasteiger partial charge in [-0.1, -0.05) is 47.5 Å². The number of rotatable bonds is 11. The van der Waals surface area contributed by atoms with Crippen molar-refractivity contribution < 1.29 is 19.4 Å². The number of carboxylic acids is 1. The minimum absolute atomic E-state index is 0.0656. The molecular weight excluding hydrogens is 477 g/mol. The van der Waals surface area contributed by atoms with Gasteiger partial charge in [0.1, 0.15) is 17.6 Å². The maximum absolute atomic E-state index is 12.7. The van der Waals surface area contributed by atoms with Crippen LogP contribution in [0.1, 0.15) is 27.9 Å². The molecule has 1 heterocycles. The Hall–Kier alpha value is -3.29. The molecule has 9 heteroatoms. The van der Waals surface area contributed by atoms with Crippen molar-refractivity contribution in [3.05, 3.63) is 87.5 Å². The highest BCUT2D eigenvalue weighted by atomic mass is 35.5. The SMILES string of the molecule is Cc1ccc(Cl)c(C(=O)N[C@@H](Cc2ccc(OCCCNc3ccccn3)cc2)C(=O)O)c1Cl. The van der Waals surface area contributed by atoms with Crippen molar-refractivity contribution in [2.24, 2.45) is 0 Å². The molecule has 3 aromatic rings. The molecule has 0 saturated heterocycles. The molecule has 0 radical (unpaired) electrons. The maximum atomic E-state index is 12.7. The molecule has 0 unspecified atom stereocenters. The number of halogens is 2. The van der Waals surface area contributed by atoms with Gasteiger partial charge in [0.15, 0.2) is 0 Å². The summed E-state index contributed by atoms with van der Waals surface area (Å²) in [4.78, 5) is 28.6. The number of hydrogen-bond donors (Lipinski definition) is 3. The van der Waals surface area contributed by atoms with Crippen LogP contribution >= 0.6 is 23.2 Å². The third-order valence-electron chi connectivity index (χ3n) is 5.04. The first-order valence-electron chi connectivity index (χ1n) is 10.7. The Morgan fingerprint density at radius 1 is 1.09 bits per heavy atom. The number of amides is 1. The fourth-order valence-corrected chi connectivity index (χ4v) is 3.74. The van der Waals surface area contributed by atoms with Crippen LogP contribution in [-0.4, -0.2) is 41.2 Å². The van der Waals surface area contributed by atoms with Gasteiger partial charge in [0.25, 0.3) is 5.91 Å².